The molecular weight excluding hydrogens is 343 g/mol. The summed E-state index contributed by atoms with van der Waals surface area (Å²) in [4.78, 5) is 14.3. The SMILES string of the molecule is CC.CN(C(=O)Cn1c2ccccc2c2c1cnn2C)c1ccc(F)cc1. The molecule has 2 heterocycles. The zero-order chi connectivity index (χ0) is 19.6. The Morgan fingerprint density at radius 2 is 1.74 bits per heavy atom. The highest BCUT2D eigenvalue weighted by atomic mass is 19.1. The molecule has 0 saturated carbocycles. The number of halogens is 1. The maximum Gasteiger partial charge on any atom is 0.246 e. The maximum atomic E-state index is 13.1. The van der Waals surface area contributed by atoms with Crippen molar-refractivity contribution >= 4 is 33.5 Å². The first-order valence-corrected chi connectivity index (χ1v) is 8.97. The fraction of sp³-hybridized carbons (Fsp3) is 0.238. The van der Waals surface area contributed by atoms with Crippen LogP contribution < -0.4 is 4.90 Å². The Hall–Kier alpha value is -3.15. The minimum absolute atomic E-state index is 0.0851. The highest BCUT2D eigenvalue weighted by molar-refractivity contribution is 6.07. The van der Waals surface area contributed by atoms with E-state index >= 15 is 0 Å². The summed E-state index contributed by atoms with van der Waals surface area (Å²) in [6.07, 6.45) is 1.78. The van der Waals surface area contributed by atoms with Crippen LogP contribution in [-0.2, 0) is 18.4 Å². The fourth-order valence-corrected chi connectivity index (χ4v) is 3.20. The molecule has 0 aliphatic rings. The van der Waals surface area contributed by atoms with Crippen molar-refractivity contribution in [1.82, 2.24) is 14.3 Å². The van der Waals surface area contributed by atoms with Gasteiger partial charge in [0.25, 0.3) is 0 Å². The van der Waals surface area contributed by atoms with Gasteiger partial charge < -0.3 is 9.47 Å². The summed E-state index contributed by atoms with van der Waals surface area (Å²) in [6, 6.07) is 13.9. The van der Waals surface area contributed by atoms with Crippen molar-refractivity contribution in [2.45, 2.75) is 20.4 Å². The van der Waals surface area contributed by atoms with Crippen molar-refractivity contribution in [1.29, 1.82) is 0 Å². The van der Waals surface area contributed by atoms with Crippen LogP contribution >= 0.6 is 0 Å². The summed E-state index contributed by atoms with van der Waals surface area (Å²) in [5.74, 6) is -0.406. The minimum atomic E-state index is -0.321. The normalized spacial score (nSPS) is 10.7. The number of hydrogen-bond acceptors (Lipinski definition) is 2. The van der Waals surface area contributed by atoms with Gasteiger partial charge in [-0.25, -0.2) is 4.39 Å². The van der Waals surface area contributed by atoms with E-state index in [2.05, 4.69) is 5.10 Å². The van der Waals surface area contributed by atoms with E-state index in [0.717, 1.165) is 21.9 Å². The molecule has 0 unspecified atom stereocenters. The number of hydrogen-bond donors (Lipinski definition) is 0. The van der Waals surface area contributed by atoms with E-state index in [-0.39, 0.29) is 18.3 Å². The third-order valence-electron chi connectivity index (χ3n) is 4.54. The van der Waals surface area contributed by atoms with Crippen LogP contribution in [0.4, 0.5) is 10.1 Å². The molecule has 0 bridgehead atoms. The largest absolute Gasteiger partial charge is 0.328 e. The van der Waals surface area contributed by atoms with Crippen LogP contribution in [-0.4, -0.2) is 27.3 Å². The van der Waals surface area contributed by atoms with Gasteiger partial charge in [0.05, 0.1) is 22.7 Å². The van der Waals surface area contributed by atoms with Gasteiger partial charge in [0, 0.05) is 25.2 Å². The summed E-state index contributed by atoms with van der Waals surface area (Å²) < 4.78 is 16.9. The molecule has 2 aromatic heterocycles. The van der Waals surface area contributed by atoms with Crippen molar-refractivity contribution in [2.75, 3.05) is 11.9 Å². The zero-order valence-electron chi connectivity index (χ0n) is 16.0. The zero-order valence-corrected chi connectivity index (χ0v) is 16.0. The molecule has 0 saturated heterocycles. The van der Waals surface area contributed by atoms with Crippen LogP contribution in [0, 0.1) is 5.82 Å². The first kappa shape index (κ1) is 18.6. The van der Waals surface area contributed by atoms with Gasteiger partial charge in [-0.1, -0.05) is 32.0 Å². The molecule has 0 N–H and O–H groups in total. The number of aromatic nitrogens is 3. The minimum Gasteiger partial charge on any atom is -0.328 e. The van der Waals surface area contributed by atoms with E-state index < -0.39 is 0 Å². The van der Waals surface area contributed by atoms with Crippen LogP contribution in [0.3, 0.4) is 0 Å². The Balaban J connectivity index is 0.00000102. The van der Waals surface area contributed by atoms with Gasteiger partial charge in [-0.2, -0.15) is 5.10 Å². The monoisotopic (exact) mass is 366 g/mol. The lowest BCUT2D eigenvalue weighted by atomic mass is 10.2. The number of nitrogens with zero attached hydrogens (tertiary/aromatic N) is 4. The number of para-hydroxylation sites is 1. The molecule has 140 valence electrons. The lowest BCUT2D eigenvalue weighted by Crippen LogP contribution is -2.29. The standard InChI is InChI=1S/C19H17FN4O.C2H6/c1-22(14-9-7-13(20)8-10-14)18(25)12-24-16-6-4-3-5-15(16)19-17(24)11-21-23(19)2;1-2/h3-11H,12H2,1-2H3;1-2H3. The highest BCUT2D eigenvalue weighted by Crippen LogP contribution is 2.28. The topological polar surface area (TPSA) is 43.1 Å². The molecule has 4 rings (SSSR count). The molecule has 4 aromatic rings. The second-order valence-electron chi connectivity index (χ2n) is 6.03. The maximum absolute atomic E-state index is 13.1. The number of carbonyl (C=O) groups excluding carboxylic acids is 1. The molecule has 0 aliphatic heterocycles. The van der Waals surface area contributed by atoms with Gasteiger partial charge in [0.2, 0.25) is 5.91 Å². The molecule has 0 aliphatic carbocycles. The van der Waals surface area contributed by atoms with Gasteiger partial charge in [-0.05, 0) is 30.3 Å². The lowest BCUT2D eigenvalue weighted by Gasteiger charge is -2.18. The van der Waals surface area contributed by atoms with Crippen LogP contribution in [0.1, 0.15) is 13.8 Å². The van der Waals surface area contributed by atoms with Crippen molar-refractivity contribution in [3.8, 4) is 0 Å². The molecule has 0 fully saturated rings. The average molecular weight is 366 g/mol. The van der Waals surface area contributed by atoms with Gasteiger partial charge in [0.15, 0.2) is 0 Å². The third-order valence-corrected chi connectivity index (χ3v) is 4.54. The van der Waals surface area contributed by atoms with Crippen LogP contribution in [0.25, 0.3) is 21.9 Å². The summed E-state index contributed by atoms with van der Waals surface area (Å²) in [5, 5.41) is 5.38. The van der Waals surface area contributed by atoms with Gasteiger partial charge in [-0.15, -0.1) is 0 Å². The predicted molar refractivity (Wildman–Crippen MR) is 107 cm³/mol. The van der Waals surface area contributed by atoms with E-state index in [1.165, 1.54) is 17.0 Å². The number of benzene rings is 2. The number of amides is 1. The molecule has 5 nitrogen and oxygen atoms in total. The molecule has 1 amide bonds. The Morgan fingerprint density at radius 1 is 1.07 bits per heavy atom. The van der Waals surface area contributed by atoms with E-state index in [9.17, 15) is 9.18 Å². The highest BCUT2D eigenvalue weighted by Gasteiger charge is 2.18. The molecule has 0 radical (unpaired) electrons. The number of carbonyl (C=O) groups is 1. The van der Waals surface area contributed by atoms with Crippen molar-refractivity contribution < 1.29 is 9.18 Å². The first-order valence-electron chi connectivity index (χ1n) is 8.97. The van der Waals surface area contributed by atoms with E-state index in [0.29, 0.717) is 5.69 Å². The first-order chi connectivity index (χ1) is 13.1. The number of anilines is 1. The summed E-state index contributed by atoms with van der Waals surface area (Å²) in [7, 11) is 3.59. The number of aryl methyl sites for hydroxylation is 1. The Kier molecular flexibility index (Phi) is 5.26. The lowest BCUT2D eigenvalue weighted by molar-refractivity contribution is -0.118. The second-order valence-corrected chi connectivity index (χ2v) is 6.03. The smallest absolute Gasteiger partial charge is 0.246 e. The molecule has 2 aromatic carbocycles. The van der Waals surface area contributed by atoms with E-state index in [1.807, 2.05) is 54.4 Å². The van der Waals surface area contributed by atoms with E-state index in [4.69, 9.17) is 0 Å². The third kappa shape index (κ3) is 3.30. The van der Waals surface area contributed by atoms with Crippen molar-refractivity contribution in [3.05, 3.63) is 60.5 Å². The number of fused-ring (bicyclic) bond motifs is 3. The summed E-state index contributed by atoms with van der Waals surface area (Å²) in [6.45, 7) is 4.18. The summed E-state index contributed by atoms with van der Waals surface area (Å²) in [5.41, 5.74) is 3.58. The van der Waals surface area contributed by atoms with E-state index in [1.54, 1.807) is 25.4 Å². The molecule has 0 spiro atoms. The van der Waals surface area contributed by atoms with Gasteiger partial charge in [-0.3, -0.25) is 9.48 Å². The Morgan fingerprint density at radius 3 is 2.44 bits per heavy atom. The van der Waals surface area contributed by atoms with Crippen LogP contribution in [0.2, 0.25) is 0 Å². The van der Waals surface area contributed by atoms with Crippen LogP contribution in [0.5, 0.6) is 0 Å². The second kappa shape index (κ2) is 7.61. The molecule has 0 atom stereocenters. The summed E-state index contributed by atoms with van der Waals surface area (Å²) >= 11 is 0. The predicted octanol–water partition coefficient (Wildman–Crippen LogP) is 4.36. The molecular formula is C21H23FN4O. The number of likely N-dealkylation sites (N-methyl/N-ethyl adjacent to an activating group) is 1. The average Bonchev–Trinajstić information content (AvgIpc) is 3.22. The molecule has 27 heavy (non-hydrogen) atoms. The Bertz CT molecular complexity index is 1080. The number of rotatable bonds is 3. The quantitative estimate of drug-likeness (QED) is 0.541. The van der Waals surface area contributed by atoms with Crippen molar-refractivity contribution in [2.24, 2.45) is 7.05 Å². The molecule has 6 heteroatoms. The Labute approximate surface area is 157 Å². The fourth-order valence-electron chi connectivity index (χ4n) is 3.20. The van der Waals surface area contributed by atoms with Gasteiger partial charge >= 0.3 is 0 Å². The van der Waals surface area contributed by atoms with Crippen molar-refractivity contribution in [3.63, 3.8) is 0 Å². The van der Waals surface area contributed by atoms with Crippen LogP contribution in [0.15, 0.2) is 54.7 Å². The van der Waals surface area contributed by atoms with Gasteiger partial charge in [0.1, 0.15) is 12.4 Å².